The molecule has 0 aliphatic rings. The number of hydrogen-bond donors (Lipinski definition) is 1. The van der Waals surface area contributed by atoms with Crippen LogP contribution in [0.1, 0.15) is 11.1 Å². The molecule has 2 aromatic rings. The second-order valence-corrected chi connectivity index (χ2v) is 6.56. The Morgan fingerprint density at radius 2 is 1.65 bits per heavy atom. The van der Waals surface area contributed by atoms with Crippen molar-refractivity contribution in [2.75, 3.05) is 7.11 Å². The third-order valence-corrected chi connectivity index (χ3v) is 4.47. The van der Waals surface area contributed by atoms with Crippen LogP contribution < -0.4 is 4.72 Å². The lowest BCUT2D eigenvalue weighted by Crippen LogP contribution is -2.28. The smallest absolute Gasteiger partial charge is 0.355 e. The molecule has 0 saturated carbocycles. The van der Waals surface area contributed by atoms with E-state index < -0.39 is 16.0 Å². The normalized spacial score (nSPS) is 11.8. The summed E-state index contributed by atoms with van der Waals surface area (Å²) in [5.74, 6) is -0.760. The molecule has 0 unspecified atom stereocenters. The van der Waals surface area contributed by atoms with Crippen LogP contribution in [0.5, 0.6) is 0 Å². The van der Waals surface area contributed by atoms with Crippen LogP contribution in [0.3, 0.4) is 0 Å². The largest absolute Gasteiger partial charge is 0.464 e. The van der Waals surface area contributed by atoms with Gasteiger partial charge in [-0.3, -0.25) is 4.72 Å². The van der Waals surface area contributed by atoms with E-state index in [-0.39, 0.29) is 10.6 Å². The molecular formula is C17H17NO4S. The fraction of sp³-hybridized carbons (Fsp3) is 0.118. The van der Waals surface area contributed by atoms with E-state index in [1.807, 2.05) is 13.0 Å². The lowest BCUT2D eigenvalue weighted by atomic mass is 10.2. The summed E-state index contributed by atoms with van der Waals surface area (Å²) in [5.41, 5.74) is 1.47. The van der Waals surface area contributed by atoms with Gasteiger partial charge in [-0.25, -0.2) is 13.2 Å². The third kappa shape index (κ3) is 4.43. The lowest BCUT2D eigenvalue weighted by Gasteiger charge is -2.10. The number of carbonyl (C=O) groups is 1. The highest BCUT2D eigenvalue weighted by atomic mass is 32.2. The molecule has 1 N–H and O–H groups in total. The first-order chi connectivity index (χ1) is 10.9. The van der Waals surface area contributed by atoms with Gasteiger partial charge in [0.2, 0.25) is 0 Å². The van der Waals surface area contributed by atoms with Crippen molar-refractivity contribution < 1.29 is 17.9 Å². The quantitative estimate of drug-likeness (QED) is 0.675. The van der Waals surface area contributed by atoms with Crippen molar-refractivity contribution in [3.63, 3.8) is 0 Å². The second-order valence-electron chi connectivity index (χ2n) is 4.88. The third-order valence-electron chi connectivity index (χ3n) is 3.09. The number of aryl methyl sites for hydroxylation is 1. The number of benzene rings is 2. The summed E-state index contributed by atoms with van der Waals surface area (Å²) in [4.78, 5) is 11.9. The molecule has 0 saturated heterocycles. The minimum Gasteiger partial charge on any atom is -0.464 e. The maximum Gasteiger partial charge on any atom is 0.355 e. The van der Waals surface area contributed by atoms with Gasteiger partial charge in [0.1, 0.15) is 5.70 Å². The van der Waals surface area contributed by atoms with E-state index in [1.54, 1.807) is 36.4 Å². The molecule has 2 rings (SSSR count). The van der Waals surface area contributed by atoms with Crippen molar-refractivity contribution in [3.8, 4) is 0 Å². The number of esters is 1. The van der Waals surface area contributed by atoms with Gasteiger partial charge in [0.05, 0.1) is 12.0 Å². The van der Waals surface area contributed by atoms with Crippen LogP contribution in [-0.2, 0) is 19.6 Å². The van der Waals surface area contributed by atoms with Gasteiger partial charge in [0.25, 0.3) is 10.0 Å². The van der Waals surface area contributed by atoms with E-state index in [2.05, 4.69) is 9.46 Å². The summed E-state index contributed by atoms with van der Waals surface area (Å²) in [5, 5.41) is 0. The Hall–Kier alpha value is -2.60. The van der Waals surface area contributed by atoms with E-state index in [9.17, 15) is 13.2 Å². The number of ether oxygens (including phenoxy) is 1. The summed E-state index contributed by atoms with van der Waals surface area (Å²) in [6.07, 6.45) is 1.43. The Morgan fingerprint density at radius 3 is 2.22 bits per heavy atom. The molecule has 0 heterocycles. The van der Waals surface area contributed by atoms with Crippen LogP contribution in [0.15, 0.2) is 65.2 Å². The van der Waals surface area contributed by atoms with E-state index >= 15 is 0 Å². The Bertz CT molecular complexity index is 809. The molecule has 0 aliphatic heterocycles. The van der Waals surface area contributed by atoms with Crippen LogP contribution in [-0.4, -0.2) is 21.5 Å². The Balaban J connectivity index is 2.36. The highest BCUT2D eigenvalue weighted by Gasteiger charge is 2.20. The van der Waals surface area contributed by atoms with Crippen molar-refractivity contribution in [2.45, 2.75) is 11.8 Å². The van der Waals surface area contributed by atoms with Crippen LogP contribution >= 0.6 is 0 Å². The predicted molar refractivity (Wildman–Crippen MR) is 87.9 cm³/mol. The molecule has 2 aromatic carbocycles. The van der Waals surface area contributed by atoms with Gasteiger partial charge < -0.3 is 4.74 Å². The van der Waals surface area contributed by atoms with Crippen LogP contribution in [0.25, 0.3) is 6.08 Å². The molecule has 6 heteroatoms. The number of sulfonamides is 1. The van der Waals surface area contributed by atoms with Crippen molar-refractivity contribution in [2.24, 2.45) is 0 Å². The van der Waals surface area contributed by atoms with E-state index in [4.69, 9.17) is 0 Å². The zero-order chi connectivity index (χ0) is 16.9. The van der Waals surface area contributed by atoms with Crippen LogP contribution in [0.4, 0.5) is 0 Å². The van der Waals surface area contributed by atoms with Crippen molar-refractivity contribution in [1.29, 1.82) is 0 Å². The molecule has 0 aromatic heterocycles. The van der Waals surface area contributed by atoms with Gasteiger partial charge in [0.15, 0.2) is 0 Å². The topological polar surface area (TPSA) is 72.5 Å². The zero-order valence-corrected chi connectivity index (χ0v) is 13.6. The van der Waals surface area contributed by atoms with Crippen LogP contribution in [0.2, 0.25) is 0 Å². The molecule has 0 bridgehead atoms. The lowest BCUT2D eigenvalue weighted by molar-refractivity contribution is -0.136. The number of nitrogens with one attached hydrogen (secondary N) is 1. The molecule has 5 nitrogen and oxygen atoms in total. The standard InChI is InChI=1S/C17H17NO4S/c1-13-8-10-15(11-9-13)23(20,21)18-16(17(19)22-2)12-14-6-4-3-5-7-14/h3-12,18H,1-2H3/b16-12-. The summed E-state index contributed by atoms with van der Waals surface area (Å²) < 4.78 is 31.7. The molecule has 0 spiro atoms. The average molecular weight is 331 g/mol. The molecule has 23 heavy (non-hydrogen) atoms. The average Bonchev–Trinajstić information content (AvgIpc) is 2.54. The minimum absolute atomic E-state index is 0.0750. The Labute approximate surface area is 135 Å². The summed E-state index contributed by atoms with van der Waals surface area (Å²) in [7, 11) is -2.67. The van der Waals surface area contributed by atoms with Gasteiger partial charge >= 0.3 is 5.97 Å². The SMILES string of the molecule is COC(=O)/C(=C/c1ccccc1)NS(=O)(=O)c1ccc(C)cc1. The van der Waals surface area contributed by atoms with E-state index in [1.165, 1.54) is 25.3 Å². The Kier molecular flexibility index (Phi) is 5.18. The first kappa shape index (κ1) is 16.8. The molecule has 0 atom stereocenters. The van der Waals surface area contributed by atoms with Gasteiger partial charge in [-0.15, -0.1) is 0 Å². The summed E-state index contributed by atoms with van der Waals surface area (Å²) >= 11 is 0. The monoisotopic (exact) mass is 331 g/mol. The van der Waals surface area contributed by atoms with Gasteiger partial charge in [-0.1, -0.05) is 48.0 Å². The van der Waals surface area contributed by atoms with Gasteiger partial charge in [0, 0.05) is 0 Å². The number of rotatable bonds is 5. The molecule has 0 radical (unpaired) electrons. The maximum atomic E-state index is 12.4. The molecule has 0 amide bonds. The number of hydrogen-bond acceptors (Lipinski definition) is 4. The predicted octanol–water partition coefficient (Wildman–Crippen LogP) is 2.49. The number of carbonyl (C=O) groups excluding carboxylic acids is 1. The van der Waals surface area contributed by atoms with Crippen LogP contribution in [0, 0.1) is 6.92 Å². The first-order valence-corrected chi connectivity index (χ1v) is 8.35. The molecule has 0 aliphatic carbocycles. The first-order valence-electron chi connectivity index (χ1n) is 6.87. The maximum absolute atomic E-state index is 12.4. The van der Waals surface area contributed by atoms with E-state index in [0.717, 1.165) is 5.56 Å². The van der Waals surface area contributed by atoms with Crippen molar-refractivity contribution in [1.82, 2.24) is 4.72 Å². The highest BCUT2D eigenvalue weighted by molar-refractivity contribution is 7.89. The van der Waals surface area contributed by atoms with Crippen molar-refractivity contribution in [3.05, 3.63) is 71.4 Å². The van der Waals surface area contributed by atoms with Crippen molar-refractivity contribution >= 4 is 22.1 Å². The summed E-state index contributed by atoms with van der Waals surface area (Å²) in [6, 6.07) is 15.2. The molecule has 0 fully saturated rings. The molecule has 120 valence electrons. The zero-order valence-electron chi connectivity index (χ0n) is 12.8. The Morgan fingerprint density at radius 1 is 1.04 bits per heavy atom. The van der Waals surface area contributed by atoms with Gasteiger partial charge in [-0.05, 0) is 30.7 Å². The minimum atomic E-state index is -3.87. The second kappa shape index (κ2) is 7.11. The van der Waals surface area contributed by atoms with Gasteiger partial charge in [-0.2, -0.15) is 0 Å². The number of methoxy groups -OCH3 is 1. The molecular weight excluding hydrogens is 314 g/mol. The fourth-order valence-corrected chi connectivity index (χ4v) is 2.92. The van der Waals surface area contributed by atoms with E-state index in [0.29, 0.717) is 5.56 Å². The summed E-state index contributed by atoms with van der Waals surface area (Å²) in [6.45, 7) is 1.86. The fourth-order valence-electron chi connectivity index (χ4n) is 1.88. The highest BCUT2D eigenvalue weighted by Crippen LogP contribution is 2.13.